The maximum Gasteiger partial charge on any atom is 0.410 e. The first-order valence-electron chi connectivity index (χ1n) is 8.28. The van der Waals surface area contributed by atoms with Gasteiger partial charge in [0, 0.05) is 19.1 Å². The van der Waals surface area contributed by atoms with Gasteiger partial charge in [-0.25, -0.2) is 9.78 Å². The maximum absolute atomic E-state index is 12.3. The number of likely N-dealkylation sites (tertiary alicyclic amines) is 1. The second-order valence-electron chi connectivity index (χ2n) is 7.02. The zero-order valence-corrected chi connectivity index (χ0v) is 16.4. The van der Waals surface area contributed by atoms with E-state index in [9.17, 15) is 9.59 Å². The van der Waals surface area contributed by atoms with Crippen LogP contribution in [0.1, 0.15) is 50.4 Å². The largest absolute Gasteiger partial charge is 0.444 e. The van der Waals surface area contributed by atoms with Crippen molar-refractivity contribution in [1.29, 1.82) is 0 Å². The van der Waals surface area contributed by atoms with E-state index in [1.807, 2.05) is 27.7 Å². The molecule has 1 aromatic rings. The first-order chi connectivity index (χ1) is 11.6. The third-order valence-corrected chi connectivity index (χ3v) is 4.56. The number of carbonyl (C=O) groups excluding carboxylic acids is 2. The van der Waals surface area contributed by atoms with Gasteiger partial charge < -0.3 is 19.9 Å². The lowest BCUT2D eigenvalue weighted by Crippen LogP contribution is -2.54. The third-order valence-electron chi connectivity index (χ3n) is 3.81. The molecular formula is C16H24Cl2N4O3. The molecule has 2 atom stereocenters. The van der Waals surface area contributed by atoms with E-state index >= 15 is 0 Å². The molecule has 2 heterocycles. The molecule has 1 fully saturated rings. The summed E-state index contributed by atoms with van der Waals surface area (Å²) in [6.45, 7) is 8.13. The van der Waals surface area contributed by atoms with Crippen LogP contribution in [0.5, 0.6) is 0 Å². The molecule has 0 spiro atoms. The molecule has 2 amide bonds. The highest BCUT2D eigenvalue weighted by molar-refractivity contribution is 6.30. The summed E-state index contributed by atoms with van der Waals surface area (Å²) in [5.74, 6) is -0.191. The number of hydrogen-bond donors (Lipinski definition) is 2. The van der Waals surface area contributed by atoms with Crippen molar-refractivity contribution in [2.75, 3.05) is 13.1 Å². The molecule has 1 aromatic heterocycles. The molecule has 0 aliphatic carbocycles. The highest BCUT2D eigenvalue weighted by Gasteiger charge is 2.33. The van der Waals surface area contributed by atoms with Crippen molar-refractivity contribution in [3.8, 4) is 0 Å². The highest BCUT2D eigenvalue weighted by atomic mass is 35.5. The average molecular weight is 391 g/mol. The van der Waals surface area contributed by atoms with Gasteiger partial charge in [0.05, 0.1) is 11.1 Å². The van der Waals surface area contributed by atoms with Gasteiger partial charge in [0.1, 0.15) is 5.60 Å². The van der Waals surface area contributed by atoms with Gasteiger partial charge in [-0.15, -0.1) is 11.6 Å². The van der Waals surface area contributed by atoms with Gasteiger partial charge in [-0.2, -0.15) is 0 Å². The SMILES string of the molecule is CCc1[nH]c(C(=O)N[C@H]2CCN(C(=O)OC(C)(C)C)C[C@H]2Cl)nc1Cl. The third kappa shape index (κ3) is 5.25. The molecule has 1 saturated heterocycles. The summed E-state index contributed by atoms with van der Waals surface area (Å²) in [5, 5.41) is 2.74. The summed E-state index contributed by atoms with van der Waals surface area (Å²) in [5.41, 5.74) is 0.161. The topological polar surface area (TPSA) is 87.3 Å². The lowest BCUT2D eigenvalue weighted by atomic mass is 10.0. The number of aromatic amines is 1. The minimum absolute atomic E-state index is 0.167. The minimum atomic E-state index is -0.556. The van der Waals surface area contributed by atoms with Crippen LogP contribution in [-0.2, 0) is 11.2 Å². The fourth-order valence-electron chi connectivity index (χ4n) is 2.53. The number of H-pyrrole nitrogens is 1. The molecule has 2 N–H and O–H groups in total. The Morgan fingerprint density at radius 2 is 2.12 bits per heavy atom. The summed E-state index contributed by atoms with van der Waals surface area (Å²) in [4.78, 5) is 32.9. The van der Waals surface area contributed by atoms with Crippen molar-refractivity contribution in [3.63, 3.8) is 0 Å². The Labute approximate surface area is 157 Å². The van der Waals surface area contributed by atoms with E-state index in [4.69, 9.17) is 27.9 Å². The smallest absolute Gasteiger partial charge is 0.410 e. The van der Waals surface area contributed by atoms with Crippen LogP contribution in [0.15, 0.2) is 0 Å². The van der Waals surface area contributed by atoms with E-state index in [-0.39, 0.29) is 17.8 Å². The van der Waals surface area contributed by atoms with Crippen LogP contribution in [0.25, 0.3) is 0 Å². The highest BCUT2D eigenvalue weighted by Crippen LogP contribution is 2.20. The van der Waals surface area contributed by atoms with Crippen LogP contribution < -0.4 is 5.32 Å². The molecule has 1 aliphatic rings. The van der Waals surface area contributed by atoms with Gasteiger partial charge in [0.25, 0.3) is 5.91 Å². The van der Waals surface area contributed by atoms with Crippen LogP contribution >= 0.6 is 23.2 Å². The number of aryl methyl sites for hydroxylation is 1. The number of alkyl halides is 1. The fourth-order valence-corrected chi connectivity index (χ4v) is 3.15. The predicted octanol–water partition coefficient (Wildman–Crippen LogP) is 2.97. The monoisotopic (exact) mass is 390 g/mol. The number of imidazole rings is 1. The Balaban J connectivity index is 1.92. The summed E-state index contributed by atoms with van der Waals surface area (Å²) >= 11 is 12.3. The molecule has 7 nitrogen and oxygen atoms in total. The molecular weight excluding hydrogens is 367 g/mol. The molecule has 0 radical (unpaired) electrons. The number of rotatable bonds is 3. The van der Waals surface area contributed by atoms with E-state index < -0.39 is 17.1 Å². The van der Waals surface area contributed by atoms with Crippen LogP contribution in [-0.4, -0.2) is 57.0 Å². The van der Waals surface area contributed by atoms with Gasteiger partial charge in [-0.3, -0.25) is 4.79 Å². The lowest BCUT2D eigenvalue weighted by molar-refractivity contribution is 0.0203. The number of aromatic nitrogens is 2. The summed E-state index contributed by atoms with van der Waals surface area (Å²) < 4.78 is 5.35. The zero-order valence-electron chi connectivity index (χ0n) is 14.9. The van der Waals surface area contributed by atoms with E-state index in [1.54, 1.807) is 4.90 Å². The second kappa shape index (κ2) is 7.83. The van der Waals surface area contributed by atoms with Crippen molar-refractivity contribution in [2.45, 2.75) is 57.6 Å². The Hall–Kier alpha value is -1.47. The summed E-state index contributed by atoms with van der Waals surface area (Å²) in [6.07, 6.45) is 0.799. The summed E-state index contributed by atoms with van der Waals surface area (Å²) in [6, 6.07) is -0.262. The molecule has 0 unspecified atom stereocenters. The van der Waals surface area contributed by atoms with E-state index in [0.717, 1.165) is 0 Å². The van der Waals surface area contributed by atoms with Crippen LogP contribution in [0.2, 0.25) is 5.15 Å². The number of nitrogens with one attached hydrogen (secondary N) is 2. The minimum Gasteiger partial charge on any atom is -0.444 e. The Kier molecular flexibility index (Phi) is 6.21. The van der Waals surface area contributed by atoms with Crippen molar-refractivity contribution < 1.29 is 14.3 Å². The van der Waals surface area contributed by atoms with Crippen molar-refractivity contribution >= 4 is 35.2 Å². The number of amides is 2. The van der Waals surface area contributed by atoms with Gasteiger partial charge >= 0.3 is 6.09 Å². The lowest BCUT2D eigenvalue weighted by Gasteiger charge is -2.36. The van der Waals surface area contributed by atoms with E-state index in [1.165, 1.54) is 0 Å². The van der Waals surface area contributed by atoms with Crippen molar-refractivity contribution in [3.05, 3.63) is 16.7 Å². The number of hydrogen-bond acceptors (Lipinski definition) is 4. The van der Waals surface area contributed by atoms with E-state index in [0.29, 0.717) is 36.8 Å². The number of halogens is 2. The first-order valence-corrected chi connectivity index (χ1v) is 9.09. The number of carbonyl (C=O) groups is 2. The Bertz CT molecular complexity index is 642. The molecule has 25 heavy (non-hydrogen) atoms. The van der Waals surface area contributed by atoms with Crippen LogP contribution in [0.3, 0.4) is 0 Å². The average Bonchev–Trinajstić information content (AvgIpc) is 2.88. The molecule has 2 rings (SSSR count). The van der Waals surface area contributed by atoms with Gasteiger partial charge in [-0.05, 0) is 33.6 Å². The summed E-state index contributed by atoms with van der Waals surface area (Å²) in [7, 11) is 0. The molecule has 140 valence electrons. The molecule has 0 saturated carbocycles. The van der Waals surface area contributed by atoms with Gasteiger partial charge in [0.15, 0.2) is 11.0 Å². The number of ether oxygens (including phenoxy) is 1. The van der Waals surface area contributed by atoms with Crippen LogP contribution in [0, 0.1) is 0 Å². The van der Waals surface area contributed by atoms with Crippen molar-refractivity contribution in [1.82, 2.24) is 20.2 Å². The maximum atomic E-state index is 12.3. The quantitative estimate of drug-likeness (QED) is 0.776. The fraction of sp³-hybridized carbons (Fsp3) is 0.688. The second-order valence-corrected chi connectivity index (χ2v) is 7.94. The molecule has 0 aromatic carbocycles. The molecule has 0 bridgehead atoms. The first kappa shape index (κ1) is 19.8. The number of nitrogens with zero attached hydrogens (tertiary/aromatic N) is 2. The molecule has 1 aliphatic heterocycles. The molecule has 9 heteroatoms. The Morgan fingerprint density at radius 1 is 1.44 bits per heavy atom. The number of piperidine rings is 1. The van der Waals surface area contributed by atoms with Gasteiger partial charge in [-0.1, -0.05) is 18.5 Å². The predicted molar refractivity (Wildman–Crippen MR) is 96.3 cm³/mol. The van der Waals surface area contributed by atoms with E-state index in [2.05, 4.69) is 15.3 Å². The van der Waals surface area contributed by atoms with Gasteiger partial charge in [0.2, 0.25) is 0 Å². The van der Waals surface area contributed by atoms with Crippen LogP contribution in [0.4, 0.5) is 4.79 Å². The zero-order chi connectivity index (χ0) is 18.8. The Morgan fingerprint density at radius 3 is 2.64 bits per heavy atom. The van der Waals surface area contributed by atoms with Crippen molar-refractivity contribution in [2.24, 2.45) is 0 Å². The standard InChI is InChI=1S/C16H24Cl2N4O3/c1-5-10-12(18)21-13(19-10)14(23)20-11-6-7-22(8-9(11)17)15(24)25-16(2,3)4/h9,11H,5-8H2,1-4H3,(H,19,21)(H,20,23)/t9-,11+/m1/s1. The normalized spacial score (nSPS) is 21.1.